The molecule has 1 amide bonds. The molecule has 0 aliphatic carbocycles. The Morgan fingerprint density at radius 2 is 2.08 bits per heavy atom. The van der Waals surface area contributed by atoms with Crippen molar-refractivity contribution in [1.29, 1.82) is 0 Å². The lowest BCUT2D eigenvalue weighted by atomic mass is 10.2. The second-order valence-electron chi connectivity index (χ2n) is 6.25. The molecular formula is C16H19N3O4S2. The molecule has 1 aromatic carbocycles. The molecular weight excluding hydrogens is 362 g/mol. The molecule has 1 N–H and O–H groups in total. The van der Waals surface area contributed by atoms with Gasteiger partial charge in [0.05, 0.1) is 15.1 Å². The molecule has 134 valence electrons. The molecule has 0 saturated carbocycles. The molecule has 7 nitrogen and oxygen atoms in total. The molecule has 2 aliphatic heterocycles. The normalized spacial score (nSPS) is 21.8. The van der Waals surface area contributed by atoms with E-state index in [1.54, 1.807) is 18.2 Å². The van der Waals surface area contributed by atoms with Crippen molar-refractivity contribution in [2.75, 3.05) is 25.0 Å². The molecule has 1 aromatic heterocycles. The molecule has 0 bridgehead atoms. The fraction of sp³-hybridized carbons (Fsp3) is 0.500. The van der Waals surface area contributed by atoms with Gasteiger partial charge in [0.1, 0.15) is 6.10 Å². The minimum absolute atomic E-state index is 0.193. The van der Waals surface area contributed by atoms with Crippen molar-refractivity contribution in [3.63, 3.8) is 0 Å². The van der Waals surface area contributed by atoms with Crippen molar-refractivity contribution in [3.05, 3.63) is 18.2 Å². The van der Waals surface area contributed by atoms with Crippen LogP contribution >= 0.6 is 11.3 Å². The Labute approximate surface area is 150 Å². The van der Waals surface area contributed by atoms with Crippen LogP contribution in [0.25, 0.3) is 10.2 Å². The first kappa shape index (κ1) is 16.9. The average molecular weight is 381 g/mol. The van der Waals surface area contributed by atoms with Crippen molar-refractivity contribution in [1.82, 2.24) is 9.29 Å². The van der Waals surface area contributed by atoms with Gasteiger partial charge in [0.2, 0.25) is 10.0 Å². The summed E-state index contributed by atoms with van der Waals surface area (Å²) in [5.74, 6) is -0.193. The monoisotopic (exact) mass is 381 g/mol. The zero-order valence-corrected chi connectivity index (χ0v) is 15.2. The molecule has 0 unspecified atom stereocenters. The summed E-state index contributed by atoms with van der Waals surface area (Å²) in [6.07, 6.45) is 2.99. The Morgan fingerprint density at radius 3 is 2.80 bits per heavy atom. The quantitative estimate of drug-likeness (QED) is 0.877. The third-order valence-corrected chi connectivity index (χ3v) is 7.34. The number of carbonyl (C=O) groups excluding carboxylic acids is 1. The minimum Gasteiger partial charge on any atom is -0.368 e. The third-order valence-electron chi connectivity index (χ3n) is 4.51. The summed E-state index contributed by atoms with van der Waals surface area (Å²) in [6, 6.07) is 4.92. The molecule has 2 aromatic rings. The lowest BCUT2D eigenvalue weighted by molar-refractivity contribution is -0.124. The third kappa shape index (κ3) is 3.29. The van der Waals surface area contributed by atoms with E-state index in [1.807, 2.05) is 0 Å². The lowest BCUT2D eigenvalue weighted by Crippen LogP contribution is -2.27. The van der Waals surface area contributed by atoms with E-state index in [0.717, 1.165) is 30.4 Å². The van der Waals surface area contributed by atoms with Crippen molar-refractivity contribution < 1.29 is 17.9 Å². The van der Waals surface area contributed by atoms with Crippen LogP contribution in [0, 0.1) is 0 Å². The number of fused-ring (bicyclic) bond motifs is 1. The molecule has 4 rings (SSSR count). The average Bonchev–Trinajstić information content (AvgIpc) is 3.33. The number of rotatable bonds is 4. The fourth-order valence-electron chi connectivity index (χ4n) is 3.17. The Kier molecular flexibility index (Phi) is 4.48. The first-order valence-corrected chi connectivity index (χ1v) is 10.6. The van der Waals surface area contributed by atoms with Crippen molar-refractivity contribution >= 4 is 42.6 Å². The molecule has 0 spiro atoms. The van der Waals surface area contributed by atoms with E-state index in [4.69, 9.17) is 4.74 Å². The number of carbonyl (C=O) groups is 1. The van der Waals surface area contributed by atoms with Gasteiger partial charge in [-0.15, -0.1) is 0 Å². The van der Waals surface area contributed by atoms with Gasteiger partial charge in [0.15, 0.2) is 5.13 Å². The highest BCUT2D eigenvalue weighted by Gasteiger charge is 2.28. The number of anilines is 1. The number of hydrogen-bond donors (Lipinski definition) is 1. The maximum absolute atomic E-state index is 12.7. The van der Waals surface area contributed by atoms with Gasteiger partial charge in [-0.2, -0.15) is 4.31 Å². The van der Waals surface area contributed by atoms with Crippen LogP contribution in [0.5, 0.6) is 0 Å². The number of nitrogens with one attached hydrogen (secondary N) is 1. The largest absolute Gasteiger partial charge is 0.368 e. The minimum atomic E-state index is -3.45. The van der Waals surface area contributed by atoms with Gasteiger partial charge in [0.25, 0.3) is 5.91 Å². The molecule has 1 atom stereocenters. The summed E-state index contributed by atoms with van der Waals surface area (Å²) in [5, 5.41) is 3.23. The highest BCUT2D eigenvalue weighted by Crippen LogP contribution is 2.30. The number of thiazole rings is 1. The van der Waals surface area contributed by atoms with Crippen molar-refractivity contribution in [2.24, 2.45) is 0 Å². The van der Waals surface area contributed by atoms with E-state index >= 15 is 0 Å². The smallest absolute Gasteiger partial charge is 0.255 e. The van der Waals surface area contributed by atoms with E-state index in [9.17, 15) is 13.2 Å². The summed E-state index contributed by atoms with van der Waals surface area (Å²) >= 11 is 1.28. The Balaban J connectivity index is 1.58. The molecule has 2 fully saturated rings. The summed E-state index contributed by atoms with van der Waals surface area (Å²) in [7, 11) is -3.45. The molecule has 0 radical (unpaired) electrons. The summed E-state index contributed by atoms with van der Waals surface area (Å²) in [5.41, 5.74) is 0.674. The lowest BCUT2D eigenvalue weighted by Gasteiger charge is -2.15. The van der Waals surface area contributed by atoms with Crippen LogP contribution in [0.15, 0.2) is 23.1 Å². The molecule has 2 aliphatic rings. The summed E-state index contributed by atoms with van der Waals surface area (Å²) in [4.78, 5) is 16.8. The Morgan fingerprint density at radius 1 is 1.28 bits per heavy atom. The predicted molar refractivity (Wildman–Crippen MR) is 95.2 cm³/mol. The number of aromatic nitrogens is 1. The first-order valence-electron chi connectivity index (χ1n) is 8.37. The SMILES string of the molecule is O=C(Nc1nc2ccc(S(=O)(=O)N3CCCC3)cc2s1)[C@@H]1CCCO1. The number of ether oxygens (including phenoxy) is 1. The van der Waals surface area contributed by atoms with Crippen LogP contribution in [-0.4, -0.2) is 49.4 Å². The van der Waals surface area contributed by atoms with Crippen LogP contribution in [0.4, 0.5) is 5.13 Å². The van der Waals surface area contributed by atoms with E-state index < -0.39 is 16.1 Å². The van der Waals surface area contributed by atoms with Gasteiger partial charge in [0, 0.05) is 19.7 Å². The van der Waals surface area contributed by atoms with Gasteiger partial charge in [-0.05, 0) is 43.9 Å². The highest BCUT2D eigenvalue weighted by atomic mass is 32.2. The Hall–Kier alpha value is -1.55. The number of sulfonamides is 1. The molecule has 3 heterocycles. The van der Waals surface area contributed by atoms with Gasteiger partial charge >= 0.3 is 0 Å². The maximum atomic E-state index is 12.7. The van der Waals surface area contributed by atoms with E-state index in [1.165, 1.54) is 15.6 Å². The second-order valence-corrected chi connectivity index (χ2v) is 9.22. The van der Waals surface area contributed by atoms with E-state index in [-0.39, 0.29) is 10.8 Å². The molecule has 2 saturated heterocycles. The molecule has 25 heavy (non-hydrogen) atoms. The highest BCUT2D eigenvalue weighted by molar-refractivity contribution is 7.89. The van der Waals surface area contributed by atoms with Crippen molar-refractivity contribution in [2.45, 2.75) is 36.7 Å². The van der Waals surface area contributed by atoms with Gasteiger partial charge < -0.3 is 4.74 Å². The Bertz CT molecular complexity index is 897. The number of nitrogens with zero attached hydrogens (tertiary/aromatic N) is 2. The second kappa shape index (κ2) is 6.64. The van der Waals surface area contributed by atoms with Gasteiger partial charge in [-0.1, -0.05) is 11.3 Å². The van der Waals surface area contributed by atoms with Crippen molar-refractivity contribution in [3.8, 4) is 0 Å². The maximum Gasteiger partial charge on any atom is 0.255 e. The van der Waals surface area contributed by atoms with Crippen LogP contribution in [0.1, 0.15) is 25.7 Å². The molecule has 9 heteroatoms. The topological polar surface area (TPSA) is 88.6 Å². The predicted octanol–water partition coefficient (Wildman–Crippen LogP) is 2.20. The number of amides is 1. The zero-order chi connectivity index (χ0) is 17.4. The van der Waals surface area contributed by atoms with E-state index in [2.05, 4.69) is 10.3 Å². The van der Waals surface area contributed by atoms with Crippen LogP contribution < -0.4 is 5.32 Å². The van der Waals surface area contributed by atoms with Gasteiger partial charge in [-0.25, -0.2) is 13.4 Å². The number of hydrogen-bond acceptors (Lipinski definition) is 6. The van der Waals surface area contributed by atoms with Crippen LogP contribution in [-0.2, 0) is 19.6 Å². The standard InChI is InChI=1S/C16H19N3O4S2/c20-15(13-4-3-9-23-13)18-16-17-12-6-5-11(10-14(12)24-16)25(21,22)19-7-1-2-8-19/h5-6,10,13H,1-4,7-9H2,(H,17,18,20)/t13-/m0/s1. The summed E-state index contributed by atoms with van der Waals surface area (Å²) < 4.78 is 32.9. The van der Waals surface area contributed by atoms with Gasteiger partial charge in [-0.3, -0.25) is 10.1 Å². The van der Waals surface area contributed by atoms with E-state index in [0.29, 0.717) is 30.3 Å². The zero-order valence-electron chi connectivity index (χ0n) is 13.6. The summed E-state index contributed by atoms with van der Waals surface area (Å²) in [6.45, 7) is 1.76. The van der Waals surface area contributed by atoms with Crippen LogP contribution in [0.3, 0.4) is 0 Å². The fourth-order valence-corrected chi connectivity index (χ4v) is 5.69. The first-order chi connectivity index (χ1) is 12.0. The number of benzene rings is 1. The van der Waals surface area contributed by atoms with Crippen LogP contribution in [0.2, 0.25) is 0 Å².